The van der Waals surface area contributed by atoms with Crippen molar-refractivity contribution in [1.82, 2.24) is 0 Å². The van der Waals surface area contributed by atoms with E-state index in [-0.39, 0.29) is 11.8 Å². The van der Waals surface area contributed by atoms with Crippen LogP contribution in [0.3, 0.4) is 0 Å². The summed E-state index contributed by atoms with van der Waals surface area (Å²) in [7, 11) is -1.96. The van der Waals surface area contributed by atoms with E-state index in [4.69, 9.17) is 4.53 Å². The zero-order valence-corrected chi connectivity index (χ0v) is 19.9. The standard InChI is InChI=1S/C28H29NO2Si/c1-32(2,3)31-29(24-17-8-5-9-18-24)27(23-14-6-4-7-15-23)21-28(30)26-20-12-16-22-13-10-11-19-25(22)26/h4-20,27H,21H2,1-3H3. The summed E-state index contributed by atoms with van der Waals surface area (Å²) in [5.41, 5.74) is 2.77. The van der Waals surface area contributed by atoms with Crippen LogP contribution in [0.5, 0.6) is 0 Å². The van der Waals surface area contributed by atoms with E-state index in [1.54, 1.807) is 0 Å². The number of fused-ring (bicyclic) bond motifs is 1. The zero-order valence-electron chi connectivity index (χ0n) is 18.9. The topological polar surface area (TPSA) is 29.5 Å². The Bertz CT molecular complexity index is 1180. The first-order valence-corrected chi connectivity index (χ1v) is 14.4. The Morgan fingerprint density at radius 3 is 2.06 bits per heavy atom. The molecule has 0 aromatic heterocycles. The fourth-order valence-electron chi connectivity index (χ4n) is 3.93. The lowest BCUT2D eigenvalue weighted by Crippen LogP contribution is -2.40. The second-order valence-corrected chi connectivity index (χ2v) is 13.4. The molecule has 0 amide bonds. The second-order valence-electron chi connectivity index (χ2n) is 8.95. The van der Waals surface area contributed by atoms with Gasteiger partial charge in [-0.2, -0.15) is 0 Å². The van der Waals surface area contributed by atoms with Crippen LogP contribution >= 0.6 is 0 Å². The van der Waals surface area contributed by atoms with Gasteiger partial charge >= 0.3 is 0 Å². The van der Waals surface area contributed by atoms with Crippen LogP contribution in [0.4, 0.5) is 5.69 Å². The normalized spacial score (nSPS) is 12.5. The molecule has 4 heteroatoms. The molecule has 3 nitrogen and oxygen atoms in total. The molecule has 0 fully saturated rings. The summed E-state index contributed by atoms with van der Waals surface area (Å²) in [4.78, 5) is 13.7. The number of rotatable bonds is 8. The van der Waals surface area contributed by atoms with Crippen molar-refractivity contribution in [3.8, 4) is 0 Å². The van der Waals surface area contributed by atoms with Crippen LogP contribution in [0.25, 0.3) is 10.8 Å². The molecule has 0 bridgehead atoms. The van der Waals surface area contributed by atoms with Crippen molar-refractivity contribution in [2.24, 2.45) is 0 Å². The van der Waals surface area contributed by atoms with Crippen LogP contribution in [0.15, 0.2) is 103 Å². The van der Waals surface area contributed by atoms with E-state index in [0.717, 1.165) is 27.6 Å². The molecule has 0 aliphatic carbocycles. The number of hydroxylamine groups is 1. The fraction of sp³-hybridized carbons (Fsp3) is 0.179. The van der Waals surface area contributed by atoms with Gasteiger partial charge in [-0.05, 0) is 48.1 Å². The molecule has 1 unspecified atom stereocenters. The number of hydrogen-bond donors (Lipinski definition) is 0. The number of para-hydroxylation sites is 1. The van der Waals surface area contributed by atoms with Crippen molar-refractivity contribution in [1.29, 1.82) is 0 Å². The van der Waals surface area contributed by atoms with Gasteiger partial charge in [0.25, 0.3) is 0 Å². The monoisotopic (exact) mass is 439 g/mol. The van der Waals surface area contributed by atoms with E-state index in [2.05, 4.69) is 31.8 Å². The van der Waals surface area contributed by atoms with Gasteiger partial charge in [0.1, 0.15) is 0 Å². The molecule has 0 spiro atoms. The molecule has 0 N–H and O–H groups in total. The van der Waals surface area contributed by atoms with Gasteiger partial charge in [0.2, 0.25) is 8.32 Å². The predicted molar refractivity (Wildman–Crippen MR) is 135 cm³/mol. The molecule has 4 aromatic rings. The predicted octanol–water partition coefficient (Wildman–Crippen LogP) is 7.43. The lowest BCUT2D eigenvalue weighted by molar-refractivity contribution is 0.0955. The van der Waals surface area contributed by atoms with Gasteiger partial charge in [-0.3, -0.25) is 9.86 Å². The number of carbonyl (C=O) groups is 1. The van der Waals surface area contributed by atoms with Crippen LogP contribution in [0, 0.1) is 0 Å². The summed E-state index contributed by atoms with van der Waals surface area (Å²) < 4.78 is 6.58. The summed E-state index contributed by atoms with van der Waals surface area (Å²) in [5.74, 6) is 0.107. The minimum Gasteiger partial charge on any atom is -0.320 e. The third-order valence-electron chi connectivity index (χ3n) is 5.32. The van der Waals surface area contributed by atoms with Crippen LogP contribution in [-0.4, -0.2) is 14.1 Å². The van der Waals surface area contributed by atoms with Crippen molar-refractivity contribution in [2.45, 2.75) is 32.1 Å². The lowest BCUT2D eigenvalue weighted by Gasteiger charge is -2.37. The SMILES string of the molecule is C[Si](C)(C)ON(c1ccccc1)C(CC(=O)c1cccc2ccccc12)c1ccccc1. The minimum absolute atomic E-state index is 0.107. The molecule has 162 valence electrons. The lowest BCUT2D eigenvalue weighted by atomic mass is 9.94. The smallest absolute Gasteiger partial charge is 0.220 e. The fourth-order valence-corrected chi connectivity index (χ4v) is 4.75. The Morgan fingerprint density at radius 2 is 1.38 bits per heavy atom. The maximum absolute atomic E-state index is 13.7. The highest BCUT2D eigenvalue weighted by Gasteiger charge is 2.30. The zero-order chi connectivity index (χ0) is 22.6. The number of benzene rings is 4. The molecule has 4 aromatic carbocycles. The van der Waals surface area contributed by atoms with Gasteiger partial charge in [0, 0.05) is 12.0 Å². The van der Waals surface area contributed by atoms with Crippen molar-refractivity contribution in [3.63, 3.8) is 0 Å². The summed E-state index contributed by atoms with van der Waals surface area (Å²) in [6.45, 7) is 6.49. The summed E-state index contributed by atoms with van der Waals surface area (Å²) in [6.07, 6.45) is 0.317. The first kappa shape index (κ1) is 22.0. The summed E-state index contributed by atoms with van der Waals surface area (Å²) in [5, 5.41) is 4.03. The average Bonchev–Trinajstić information content (AvgIpc) is 2.81. The molecule has 0 radical (unpaired) electrons. The van der Waals surface area contributed by atoms with Crippen LogP contribution in [0.1, 0.15) is 28.4 Å². The Morgan fingerprint density at radius 1 is 0.781 bits per heavy atom. The summed E-state index contributed by atoms with van der Waals surface area (Å²) >= 11 is 0. The van der Waals surface area contributed by atoms with Gasteiger partial charge in [-0.25, -0.2) is 0 Å². The van der Waals surface area contributed by atoms with E-state index < -0.39 is 8.32 Å². The van der Waals surface area contributed by atoms with Crippen LogP contribution < -0.4 is 5.06 Å². The number of carbonyl (C=O) groups excluding carboxylic acids is 1. The van der Waals surface area contributed by atoms with Crippen LogP contribution in [0.2, 0.25) is 19.6 Å². The highest BCUT2D eigenvalue weighted by atomic mass is 28.4. The quantitative estimate of drug-likeness (QED) is 0.162. The van der Waals surface area contributed by atoms with Gasteiger partial charge in [-0.15, -0.1) is 0 Å². The molecule has 0 aliphatic rings. The van der Waals surface area contributed by atoms with Crippen molar-refractivity contribution in [3.05, 3.63) is 114 Å². The van der Waals surface area contributed by atoms with Gasteiger partial charge in [-0.1, -0.05) is 91.0 Å². The van der Waals surface area contributed by atoms with Crippen molar-refractivity contribution >= 4 is 30.6 Å². The van der Waals surface area contributed by atoms with Crippen LogP contribution in [-0.2, 0) is 4.53 Å². The Labute approximate surface area is 191 Å². The second kappa shape index (κ2) is 9.51. The maximum Gasteiger partial charge on any atom is 0.220 e. The van der Waals surface area contributed by atoms with E-state index in [9.17, 15) is 4.79 Å². The molecule has 0 saturated heterocycles. The highest BCUT2D eigenvalue weighted by Crippen LogP contribution is 2.34. The molecule has 1 atom stereocenters. The van der Waals surface area contributed by atoms with Gasteiger partial charge < -0.3 is 4.53 Å². The van der Waals surface area contributed by atoms with E-state index in [1.165, 1.54) is 0 Å². The largest absolute Gasteiger partial charge is 0.320 e. The third-order valence-corrected chi connectivity index (χ3v) is 6.06. The number of ketones is 1. The molecule has 4 rings (SSSR count). The third kappa shape index (κ3) is 5.15. The molecule has 0 aliphatic heterocycles. The first-order valence-electron chi connectivity index (χ1n) is 11.0. The molecule has 0 saturated carbocycles. The molecular formula is C28H29NO2Si. The maximum atomic E-state index is 13.7. The number of nitrogens with zero attached hydrogens (tertiary/aromatic N) is 1. The van der Waals surface area contributed by atoms with Gasteiger partial charge in [0.15, 0.2) is 5.78 Å². The van der Waals surface area contributed by atoms with E-state index in [1.807, 2.05) is 96.1 Å². The Balaban J connectivity index is 1.77. The van der Waals surface area contributed by atoms with E-state index in [0.29, 0.717) is 6.42 Å². The van der Waals surface area contributed by atoms with Crippen molar-refractivity contribution in [2.75, 3.05) is 5.06 Å². The Kier molecular flexibility index (Phi) is 6.54. The summed E-state index contributed by atoms with van der Waals surface area (Å²) in [6, 6.07) is 34.0. The highest BCUT2D eigenvalue weighted by molar-refractivity contribution is 6.69. The molecular weight excluding hydrogens is 410 g/mol. The molecule has 0 heterocycles. The number of anilines is 1. The minimum atomic E-state index is -1.96. The Hall–Kier alpha value is -3.21. The molecule has 32 heavy (non-hydrogen) atoms. The van der Waals surface area contributed by atoms with Gasteiger partial charge in [0.05, 0.1) is 11.7 Å². The first-order chi connectivity index (χ1) is 15.4. The van der Waals surface area contributed by atoms with Crippen molar-refractivity contribution < 1.29 is 9.32 Å². The number of hydrogen-bond acceptors (Lipinski definition) is 3. The number of Topliss-reactive ketones (excluding diaryl/α,β-unsaturated/α-hetero) is 1. The average molecular weight is 440 g/mol. The van der Waals surface area contributed by atoms with E-state index >= 15 is 0 Å².